The quantitative estimate of drug-likeness (QED) is 0.276. The molecule has 1 aliphatic heterocycles. The van der Waals surface area contributed by atoms with Gasteiger partial charge < -0.3 is 0 Å². The zero-order valence-corrected chi connectivity index (χ0v) is 18.1. The lowest BCUT2D eigenvalue weighted by Crippen LogP contribution is -2.50. The highest BCUT2D eigenvalue weighted by Gasteiger charge is 2.51. The maximum absolute atomic E-state index is 13.6. The maximum Gasteiger partial charge on any atom is 0.282 e. The van der Waals surface area contributed by atoms with E-state index < -0.39 is 45.1 Å². The van der Waals surface area contributed by atoms with E-state index in [2.05, 4.69) is 0 Å². The monoisotopic (exact) mass is 464 g/mol. The average Bonchev–Trinajstić information content (AvgIpc) is 3.06. The van der Waals surface area contributed by atoms with Crippen molar-refractivity contribution in [3.8, 4) is 0 Å². The highest BCUT2D eigenvalue weighted by molar-refractivity contribution is 6.08. The number of rotatable bonds is 6. The number of carbonyl (C=O) groups is 3. The van der Waals surface area contributed by atoms with Gasteiger partial charge in [0.05, 0.1) is 28.2 Å². The smallest absolute Gasteiger partial charge is 0.272 e. The van der Waals surface area contributed by atoms with E-state index >= 15 is 0 Å². The summed E-state index contributed by atoms with van der Waals surface area (Å²) in [6, 6.07) is 10.6. The number of hydrogen-bond acceptors (Lipinski definition) is 7. The molecule has 0 aromatic heterocycles. The van der Waals surface area contributed by atoms with Crippen LogP contribution in [0.1, 0.15) is 35.7 Å². The number of hydrazine groups is 1. The molecule has 1 fully saturated rings. The van der Waals surface area contributed by atoms with E-state index in [1.165, 1.54) is 42.5 Å². The summed E-state index contributed by atoms with van der Waals surface area (Å²) in [5, 5.41) is 24.2. The third-order valence-electron chi connectivity index (χ3n) is 6.09. The lowest BCUT2D eigenvalue weighted by atomic mass is 9.82. The number of allylic oxidation sites excluding steroid dienone is 2. The Morgan fingerprint density at radius 2 is 1.65 bits per heavy atom. The van der Waals surface area contributed by atoms with Crippen molar-refractivity contribution in [2.75, 3.05) is 0 Å². The number of hydrogen-bond donors (Lipinski definition) is 0. The molecule has 2 atom stereocenters. The maximum atomic E-state index is 13.6. The lowest BCUT2D eigenvalue weighted by molar-refractivity contribution is -0.385. The van der Waals surface area contributed by atoms with Crippen LogP contribution in [0.2, 0.25) is 0 Å². The van der Waals surface area contributed by atoms with Gasteiger partial charge in [0.2, 0.25) is 0 Å². The molecule has 0 spiro atoms. The highest BCUT2D eigenvalue weighted by Crippen LogP contribution is 2.39. The van der Waals surface area contributed by atoms with Crippen molar-refractivity contribution in [3.05, 3.63) is 91.5 Å². The number of carbonyl (C=O) groups excluding carboxylic acids is 3. The molecule has 2 aliphatic rings. The van der Waals surface area contributed by atoms with Crippen LogP contribution in [0.5, 0.6) is 0 Å². The number of non-ortho nitro benzene ring substituents is 1. The fourth-order valence-electron chi connectivity index (χ4n) is 4.34. The Morgan fingerprint density at radius 3 is 2.29 bits per heavy atom. The predicted molar refractivity (Wildman–Crippen MR) is 118 cm³/mol. The molecule has 1 heterocycles. The second kappa shape index (κ2) is 8.85. The van der Waals surface area contributed by atoms with E-state index in [1.807, 2.05) is 13.0 Å². The molecule has 3 amide bonds. The minimum absolute atomic E-state index is 0.166. The molecule has 2 aromatic carbocycles. The minimum atomic E-state index is -0.893. The molecule has 11 heteroatoms. The van der Waals surface area contributed by atoms with Crippen LogP contribution in [0.3, 0.4) is 0 Å². The van der Waals surface area contributed by atoms with E-state index in [-0.39, 0.29) is 17.8 Å². The zero-order chi connectivity index (χ0) is 24.6. The average molecular weight is 464 g/mol. The number of imide groups is 1. The first kappa shape index (κ1) is 22.8. The Labute approximate surface area is 193 Å². The summed E-state index contributed by atoms with van der Waals surface area (Å²) in [4.78, 5) is 61.3. The van der Waals surface area contributed by atoms with Gasteiger partial charge >= 0.3 is 0 Å². The van der Waals surface area contributed by atoms with Crippen LogP contribution < -0.4 is 0 Å². The molecule has 0 saturated carbocycles. The Balaban J connectivity index is 1.75. The second-order valence-corrected chi connectivity index (χ2v) is 8.25. The zero-order valence-electron chi connectivity index (χ0n) is 18.1. The number of benzene rings is 2. The largest absolute Gasteiger partial charge is 0.282 e. The molecule has 174 valence electrons. The van der Waals surface area contributed by atoms with Gasteiger partial charge in [-0.1, -0.05) is 35.9 Å². The second-order valence-electron chi connectivity index (χ2n) is 8.25. The van der Waals surface area contributed by atoms with E-state index in [0.717, 1.165) is 21.7 Å². The van der Waals surface area contributed by atoms with Crippen LogP contribution in [-0.4, -0.2) is 37.6 Å². The first-order chi connectivity index (χ1) is 16.2. The van der Waals surface area contributed by atoms with Crippen LogP contribution in [0.4, 0.5) is 11.4 Å². The summed E-state index contributed by atoms with van der Waals surface area (Å²) < 4.78 is 0. The van der Waals surface area contributed by atoms with Gasteiger partial charge in [0.1, 0.15) is 5.56 Å². The topological polar surface area (TPSA) is 144 Å². The number of para-hydroxylation sites is 1. The van der Waals surface area contributed by atoms with E-state index in [9.17, 15) is 34.6 Å². The lowest BCUT2D eigenvalue weighted by Gasteiger charge is -2.30. The first-order valence-corrected chi connectivity index (χ1v) is 10.5. The molecule has 0 unspecified atom stereocenters. The molecule has 2 aromatic rings. The predicted octanol–water partition coefficient (Wildman–Crippen LogP) is 3.40. The van der Waals surface area contributed by atoms with Crippen LogP contribution in [0.25, 0.3) is 0 Å². The number of nitrogens with zero attached hydrogens (tertiary/aromatic N) is 4. The third kappa shape index (κ3) is 4.03. The fraction of sp³-hybridized carbons (Fsp3) is 0.261. The summed E-state index contributed by atoms with van der Waals surface area (Å²) in [5.74, 6) is -3.22. The Kier molecular flexibility index (Phi) is 5.93. The molecular formula is C23H20N4O7. The van der Waals surface area contributed by atoms with Crippen LogP contribution in [0, 0.1) is 32.1 Å². The SMILES string of the molecule is CC1=CC[C@H]2C(=O)N(N(Cc3ccc([N+](=O)[O-])cc3)C(=O)c3ccccc3[N+](=O)[O-])C(=O)[C@@H]2C1. The van der Waals surface area contributed by atoms with Crippen LogP contribution in [0.15, 0.2) is 60.2 Å². The van der Waals surface area contributed by atoms with Crippen molar-refractivity contribution >= 4 is 29.1 Å². The van der Waals surface area contributed by atoms with Crippen molar-refractivity contribution in [2.24, 2.45) is 11.8 Å². The van der Waals surface area contributed by atoms with Crippen molar-refractivity contribution in [1.29, 1.82) is 0 Å². The standard InChI is InChI=1S/C23H20N4O7/c1-14-6-11-17-19(12-14)23(30)25(22(17)29)24(13-15-7-9-16(10-8-15)26(31)32)21(28)18-4-2-3-5-20(18)27(33)34/h2-10,17,19H,11-13H2,1H3/t17-,19-/m1/s1. The Morgan fingerprint density at radius 1 is 1.00 bits per heavy atom. The summed E-state index contributed by atoms with van der Waals surface area (Å²) in [6.07, 6.45) is 2.64. The molecule has 34 heavy (non-hydrogen) atoms. The molecule has 0 bridgehead atoms. The first-order valence-electron chi connectivity index (χ1n) is 10.5. The molecular weight excluding hydrogens is 444 g/mol. The van der Waals surface area contributed by atoms with Gasteiger partial charge in [-0.2, -0.15) is 5.01 Å². The minimum Gasteiger partial charge on any atom is -0.272 e. The molecule has 11 nitrogen and oxygen atoms in total. The molecule has 1 saturated heterocycles. The Hall–Kier alpha value is -4.41. The molecule has 4 rings (SSSR count). The summed E-state index contributed by atoms with van der Waals surface area (Å²) in [7, 11) is 0. The van der Waals surface area contributed by atoms with Gasteiger partial charge in [-0.05, 0) is 31.4 Å². The number of fused-ring (bicyclic) bond motifs is 1. The van der Waals surface area contributed by atoms with Gasteiger partial charge in [0.25, 0.3) is 29.1 Å². The molecule has 1 aliphatic carbocycles. The van der Waals surface area contributed by atoms with Gasteiger partial charge in [-0.25, -0.2) is 5.01 Å². The fourth-order valence-corrected chi connectivity index (χ4v) is 4.34. The van der Waals surface area contributed by atoms with Gasteiger partial charge in [0.15, 0.2) is 0 Å². The van der Waals surface area contributed by atoms with Gasteiger partial charge in [0, 0.05) is 18.2 Å². The van der Waals surface area contributed by atoms with E-state index in [0.29, 0.717) is 18.4 Å². The van der Waals surface area contributed by atoms with Crippen molar-refractivity contribution in [3.63, 3.8) is 0 Å². The Bertz CT molecular complexity index is 1240. The summed E-state index contributed by atoms with van der Waals surface area (Å²) >= 11 is 0. The highest BCUT2D eigenvalue weighted by atomic mass is 16.6. The van der Waals surface area contributed by atoms with Gasteiger partial charge in [-0.3, -0.25) is 34.6 Å². The van der Waals surface area contributed by atoms with Crippen molar-refractivity contribution in [2.45, 2.75) is 26.3 Å². The molecule has 0 N–H and O–H groups in total. The van der Waals surface area contributed by atoms with E-state index in [4.69, 9.17) is 0 Å². The summed E-state index contributed by atoms with van der Waals surface area (Å²) in [5.41, 5.74) is 0.467. The van der Waals surface area contributed by atoms with Crippen LogP contribution in [-0.2, 0) is 16.1 Å². The summed E-state index contributed by atoms with van der Waals surface area (Å²) in [6.45, 7) is 1.58. The third-order valence-corrected chi connectivity index (χ3v) is 6.09. The number of nitro benzene ring substituents is 2. The molecule has 0 radical (unpaired) electrons. The van der Waals surface area contributed by atoms with Gasteiger partial charge in [-0.15, -0.1) is 0 Å². The van der Waals surface area contributed by atoms with Crippen molar-refractivity contribution < 1.29 is 24.2 Å². The number of nitro groups is 2. The van der Waals surface area contributed by atoms with Crippen molar-refractivity contribution in [1.82, 2.24) is 10.0 Å². The van der Waals surface area contributed by atoms with Crippen LogP contribution >= 0.6 is 0 Å². The van der Waals surface area contributed by atoms with E-state index in [1.54, 1.807) is 0 Å². The number of amides is 3. The normalized spacial score (nSPS) is 19.4.